The van der Waals surface area contributed by atoms with Crippen LogP contribution in [0.2, 0.25) is 0 Å². The van der Waals surface area contributed by atoms with Crippen LogP contribution in [0, 0.1) is 0 Å². The average Bonchev–Trinajstić information content (AvgIpc) is 2.24. The van der Waals surface area contributed by atoms with Gasteiger partial charge in [-0.25, -0.2) is 10.2 Å². The van der Waals surface area contributed by atoms with Gasteiger partial charge in [0.1, 0.15) is 6.61 Å². The molecule has 0 aliphatic rings. The zero-order valence-electron chi connectivity index (χ0n) is 9.91. The Morgan fingerprint density at radius 1 is 1.25 bits per heavy atom. The number of benzene rings is 1. The lowest BCUT2D eigenvalue weighted by Crippen LogP contribution is -2.48. The fourth-order valence-electron chi connectivity index (χ4n) is 0.998. The van der Waals surface area contributed by atoms with Gasteiger partial charge >= 0.3 is 6.09 Å². The number of hydrazine groups is 1. The van der Waals surface area contributed by atoms with Crippen molar-refractivity contribution in [2.45, 2.75) is 32.9 Å². The largest absolute Gasteiger partial charge is 0.444 e. The summed E-state index contributed by atoms with van der Waals surface area (Å²) in [6.07, 6.45) is -0.473. The molecule has 0 aliphatic heterocycles. The van der Waals surface area contributed by atoms with E-state index in [-0.39, 0.29) is 12.1 Å². The molecule has 0 unspecified atom stereocenters. The first-order valence-electron chi connectivity index (χ1n) is 5.21. The van der Waals surface area contributed by atoms with E-state index in [2.05, 4.69) is 10.9 Å². The molecule has 0 atom stereocenters. The lowest BCUT2D eigenvalue weighted by molar-refractivity contribution is 0.130. The molecule has 0 radical (unpaired) electrons. The van der Waals surface area contributed by atoms with Crippen molar-refractivity contribution in [3.05, 3.63) is 35.9 Å². The third-order valence-corrected chi connectivity index (χ3v) is 1.75. The number of carbonyl (C=O) groups is 1. The zero-order valence-corrected chi connectivity index (χ0v) is 9.91. The molecule has 0 heterocycles. The Kier molecular flexibility index (Phi) is 4.31. The van der Waals surface area contributed by atoms with Crippen LogP contribution in [0.1, 0.15) is 26.3 Å². The van der Waals surface area contributed by atoms with Gasteiger partial charge in [-0.2, -0.15) is 0 Å². The Morgan fingerprint density at radius 3 is 2.44 bits per heavy atom. The van der Waals surface area contributed by atoms with Crippen LogP contribution in [0.25, 0.3) is 0 Å². The van der Waals surface area contributed by atoms with Gasteiger partial charge in [0, 0.05) is 5.54 Å². The number of rotatable bonds is 3. The van der Waals surface area contributed by atoms with Crippen LogP contribution in [0.5, 0.6) is 0 Å². The standard InChI is InChI=1S/C12H18N2O2/c1-12(2,3)14-13-11(15)16-9-10-7-5-4-6-8-10/h4-8,14H,9H2,1-3H3,(H,13,15). The van der Waals surface area contributed by atoms with Crippen molar-refractivity contribution in [1.29, 1.82) is 0 Å². The topological polar surface area (TPSA) is 50.4 Å². The number of amides is 1. The summed E-state index contributed by atoms with van der Waals surface area (Å²) in [5, 5.41) is 0. The number of hydrogen-bond acceptors (Lipinski definition) is 3. The molecule has 1 rings (SSSR count). The number of ether oxygens (including phenoxy) is 1. The minimum Gasteiger partial charge on any atom is -0.444 e. The minimum atomic E-state index is -0.473. The van der Waals surface area contributed by atoms with E-state index >= 15 is 0 Å². The monoisotopic (exact) mass is 222 g/mol. The van der Waals surface area contributed by atoms with Crippen molar-refractivity contribution < 1.29 is 9.53 Å². The molecule has 0 saturated heterocycles. The van der Waals surface area contributed by atoms with Crippen LogP contribution in [0.4, 0.5) is 4.79 Å². The van der Waals surface area contributed by atoms with Crippen LogP contribution in [0.3, 0.4) is 0 Å². The second kappa shape index (κ2) is 5.51. The molecule has 4 nitrogen and oxygen atoms in total. The Hall–Kier alpha value is -1.55. The highest BCUT2D eigenvalue weighted by Crippen LogP contribution is 2.00. The maximum atomic E-state index is 11.3. The van der Waals surface area contributed by atoms with E-state index in [0.717, 1.165) is 5.56 Å². The SMILES string of the molecule is CC(C)(C)NNC(=O)OCc1ccccc1. The van der Waals surface area contributed by atoms with Crippen molar-refractivity contribution in [1.82, 2.24) is 10.9 Å². The molecule has 4 heteroatoms. The molecule has 0 fully saturated rings. The lowest BCUT2D eigenvalue weighted by atomic mass is 10.1. The van der Waals surface area contributed by atoms with E-state index in [0.29, 0.717) is 0 Å². The molecule has 88 valence electrons. The Bertz CT molecular complexity index is 331. The van der Waals surface area contributed by atoms with Crippen LogP contribution in [0.15, 0.2) is 30.3 Å². The van der Waals surface area contributed by atoms with Gasteiger partial charge in [0.05, 0.1) is 0 Å². The van der Waals surface area contributed by atoms with E-state index in [9.17, 15) is 4.79 Å². The van der Waals surface area contributed by atoms with Gasteiger partial charge in [-0.3, -0.25) is 5.43 Å². The van der Waals surface area contributed by atoms with Crippen molar-refractivity contribution >= 4 is 6.09 Å². The van der Waals surface area contributed by atoms with Crippen molar-refractivity contribution in [2.24, 2.45) is 0 Å². The molecule has 0 spiro atoms. The summed E-state index contributed by atoms with van der Waals surface area (Å²) in [6.45, 7) is 6.12. The molecule has 1 amide bonds. The van der Waals surface area contributed by atoms with Crippen LogP contribution in [-0.4, -0.2) is 11.6 Å². The predicted molar refractivity (Wildman–Crippen MR) is 62.7 cm³/mol. The lowest BCUT2D eigenvalue weighted by Gasteiger charge is -2.20. The van der Waals surface area contributed by atoms with Gasteiger partial charge in [0.25, 0.3) is 0 Å². The van der Waals surface area contributed by atoms with Gasteiger partial charge < -0.3 is 4.74 Å². The van der Waals surface area contributed by atoms with E-state index in [1.54, 1.807) is 0 Å². The molecule has 0 bridgehead atoms. The smallest absolute Gasteiger partial charge is 0.421 e. The summed E-state index contributed by atoms with van der Waals surface area (Å²) >= 11 is 0. The first-order valence-corrected chi connectivity index (χ1v) is 5.21. The third kappa shape index (κ3) is 5.36. The summed E-state index contributed by atoms with van der Waals surface area (Å²) in [5.74, 6) is 0. The van der Waals surface area contributed by atoms with Crippen LogP contribution >= 0.6 is 0 Å². The molecule has 2 N–H and O–H groups in total. The minimum absolute atomic E-state index is 0.175. The maximum absolute atomic E-state index is 11.3. The van der Waals surface area contributed by atoms with Gasteiger partial charge in [-0.15, -0.1) is 0 Å². The summed E-state index contributed by atoms with van der Waals surface area (Å²) in [5.41, 5.74) is 6.11. The highest BCUT2D eigenvalue weighted by atomic mass is 16.6. The molecule has 0 aromatic heterocycles. The van der Waals surface area contributed by atoms with Crippen molar-refractivity contribution in [3.8, 4) is 0 Å². The second-order valence-electron chi connectivity index (χ2n) is 4.56. The predicted octanol–water partition coefficient (Wildman–Crippen LogP) is 2.22. The molecular weight excluding hydrogens is 204 g/mol. The van der Waals surface area contributed by atoms with Crippen LogP contribution < -0.4 is 10.9 Å². The quantitative estimate of drug-likeness (QED) is 0.771. The fraction of sp³-hybridized carbons (Fsp3) is 0.417. The first-order chi connectivity index (χ1) is 7.47. The van der Waals surface area contributed by atoms with Crippen molar-refractivity contribution in [3.63, 3.8) is 0 Å². The summed E-state index contributed by atoms with van der Waals surface area (Å²) in [4.78, 5) is 11.3. The fourth-order valence-corrected chi connectivity index (χ4v) is 0.998. The normalized spacial score (nSPS) is 10.9. The van der Waals surface area contributed by atoms with Crippen molar-refractivity contribution in [2.75, 3.05) is 0 Å². The molecular formula is C12H18N2O2. The number of nitrogens with one attached hydrogen (secondary N) is 2. The zero-order chi connectivity index (χ0) is 12.0. The summed E-state index contributed by atoms with van der Waals surface area (Å²) < 4.78 is 5.01. The Morgan fingerprint density at radius 2 is 1.88 bits per heavy atom. The highest BCUT2D eigenvalue weighted by Gasteiger charge is 2.10. The van der Waals surface area contributed by atoms with E-state index < -0.39 is 6.09 Å². The van der Waals surface area contributed by atoms with E-state index in [4.69, 9.17) is 4.74 Å². The summed E-state index contributed by atoms with van der Waals surface area (Å²) in [6, 6.07) is 9.55. The van der Waals surface area contributed by atoms with Gasteiger partial charge in [-0.05, 0) is 26.3 Å². The second-order valence-corrected chi connectivity index (χ2v) is 4.56. The van der Waals surface area contributed by atoms with Gasteiger partial charge in [-0.1, -0.05) is 30.3 Å². The molecule has 0 saturated carbocycles. The maximum Gasteiger partial charge on any atom is 0.421 e. The Labute approximate surface area is 96.0 Å². The Balaban J connectivity index is 2.26. The van der Waals surface area contributed by atoms with Gasteiger partial charge in [0.2, 0.25) is 0 Å². The molecule has 0 aliphatic carbocycles. The molecule has 1 aromatic carbocycles. The number of hydrogen-bond donors (Lipinski definition) is 2. The molecule has 16 heavy (non-hydrogen) atoms. The number of carbonyl (C=O) groups excluding carboxylic acids is 1. The van der Waals surface area contributed by atoms with E-state index in [1.165, 1.54) is 0 Å². The first kappa shape index (κ1) is 12.5. The van der Waals surface area contributed by atoms with Crippen LogP contribution in [-0.2, 0) is 11.3 Å². The van der Waals surface area contributed by atoms with E-state index in [1.807, 2.05) is 51.1 Å². The molecule has 1 aromatic rings. The average molecular weight is 222 g/mol. The van der Waals surface area contributed by atoms with Gasteiger partial charge in [0.15, 0.2) is 0 Å². The third-order valence-electron chi connectivity index (χ3n) is 1.75. The highest BCUT2D eigenvalue weighted by molar-refractivity contribution is 5.66. The summed E-state index contributed by atoms with van der Waals surface area (Å²) in [7, 11) is 0.